The second-order valence-electron chi connectivity index (χ2n) is 5.40. The second kappa shape index (κ2) is 6.14. The van der Waals surface area contributed by atoms with Crippen molar-refractivity contribution >= 4 is 11.8 Å². The zero-order valence-electron chi connectivity index (χ0n) is 11.8. The van der Waals surface area contributed by atoms with Gasteiger partial charge in [-0.25, -0.2) is 4.39 Å². The minimum atomic E-state index is -0.309. The highest BCUT2D eigenvalue weighted by atomic mass is 32.2. The molecular formula is C15H22FNOS. The lowest BCUT2D eigenvalue weighted by atomic mass is 10.0. The summed E-state index contributed by atoms with van der Waals surface area (Å²) in [5.74, 6) is 1.26. The van der Waals surface area contributed by atoms with E-state index in [-0.39, 0.29) is 11.9 Å². The highest BCUT2D eigenvalue weighted by Crippen LogP contribution is 2.37. The summed E-state index contributed by atoms with van der Waals surface area (Å²) in [5, 5.41) is 3.55. The lowest BCUT2D eigenvalue weighted by molar-refractivity contribution is 0.384. The molecule has 1 N–H and O–H groups in total. The van der Waals surface area contributed by atoms with Gasteiger partial charge in [-0.05, 0) is 50.1 Å². The van der Waals surface area contributed by atoms with E-state index in [0.717, 1.165) is 12.1 Å². The molecule has 0 aromatic heterocycles. The molecule has 2 unspecified atom stereocenters. The number of halogens is 1. The lowest BCUT2D eigenvalue weighted by Gasteiger charge is -2.26. The molecule has 0 radical (unpaired) electrons. The fourth-order valence-corrected chi connectivity index (χ4v) is 3.66. The van der Waals surface area contributed by atoms with Gasteiger partial charge in [0.05, 0.1) is 7.11 Å². The van der Waals surface area contributed by atoms with Crippen molar-refractivity contribution in [1.29, 1.82) is 0 Å². The van der Waals surface area contributed by atoms with Gasteiger partial charge in [0, 0.05) is 17.3 Å². The van der Waals surface area contributed by atoms with Gasteiger partial charge in [0.2, 0.25) is 0 Å². The van der Waals surface area contributed by atoms with Crippen LogP contribution in [0.15, 0.2) is 18.2 Å². The van der Waals surface area contributed by atoms with E-state index in [4.69, 9.17) is 4.74 Å². The van der Waals surface area contributed by atoms with Crippen LogP contribution in [0.5, 0.6) is 5.75 Å². The van der Waals surface area contributed by atoms with E-state index in [9.17, 15) is 4.39 Å². The Balaban J connectivity index is 1.97. The molecule has 2 atom stereocenters. The summed E-state index contributed by atoms with van der Waals surface area (Å²) in [7, 11) is 1.50. The molecule has 1 saturated heterocycles. The van der Waals surface area contributed by atoms with Crippen LogP contribution >= 0.6 is 11.8 Å². The van der Waals surface area contributed by atoms with Crippen LogP contribution in [0.2, 0.25) is 0 Å². The minimum Gasteiger partial charge on any atom is -0.494 e. The van der Waals surface area contributed by atoms with Gasteiger partial charge in [0.25, 0.3) is 0 Å². The first-order chi connectivity index (χ1) is 9.04. The zero-order valence-corrected chi connectivity index (χ0v) is 12.6. The van der Waals surface area contributed by atoms with Gasteiger partial charge < -0.3 is 10.1 Å². The highest BCUT2D eigenvalue weighted by Gasteiger charge is 2.29. The molecule has 1 aromatic rings. The SMILES string of the molecule is COc1cc(C(C)NCC2(C)CCCS2)ccc1F. The van der Waals surface area contributed by atoms with E-state index in [0.29, 0.717) is 10.5 Å². The van der Waals surface area contributed by atoms with Crippen molar-refractivity contribution in [2.24, 2.45) is 0 Å². The van der Waals surface area contributed by atoms with Crippen molar-refractivity contribution in [1.82, 2.24) is 5.32 Å². The van der Waals surface area contributed by atoms with Crippen LogP contribution in [-0.2, 0) is 0 Å². The Morgan fingerprint density at radius 2 is 2.32 bits per heavy atom. The van der Waals surface area contributed by atoms with E-state index in [1.807, 2.05) is 17.8 Å². The van der Waals surface area contributed by atoms with Crippen molar-refractivity contribution in [3.8, 4) is 5.75 Å². The predicted molar refractivity (Wildman–Crippen MR) is 79.5 cm³/mol. The van der Waals surface area contributed by atoms with Crippen molar-refractivity contribution < 1.29 is 9.13 Å². The third-order valence-electron chi connectivity index (χ3n) is 3.76. The number of nitrogens with one attached hydrogen (secondary N) is 1. The van der Waals surface area contributed by atoms with E-state index in [2.05, 4.69) is 19.2 Å². The number of rotatable bonds is 5. The number of ether oxygens (including phenoxy) is 1. The summed E-state index contributed by atoms with van der Waals surface area (Å²) < 4.78 is 18.7. The molecule has 2 rings (SSSR count). The van der Waals surface area contributed by atoms with Crippen LogP contribution in [0.1, 0.15) is 38.3 Å². The van der Waals surface area contributed by atoms with Gasteiger partial charge >= 0.3 is 0 Å². The van der Waals surface area contributed by atoms with Crippen LogP contribution in [0.3, 0.4) is 0 Å². The molecular weight excluding hydrogens is 261 g/mol. The second-order valence-corrected chi connectivity index (χ2v) is 7.08. The molecule has 0 amide bonds. The summed E-state index contributed by atoms with van der Waals surface area (Å²) in [4.78, 5) is 0. The Kier molecular flexibility index (Phi) is 4.74. The topological polar surface area (TPSA) is 21.3 Å². The minimum absolute atomic E-state index is 0.201. The van der Waals surface area contributed by atoms with E-state index < -0.39 is 0 Å². The third-order valence-corrected chi connectivity index (χ3v) is 5.30. The Morgan fingerprint density at radius 1 is 1.53 bits per heavy atom. The quantitative estimate of drug-likeness (QED) is 0.889. The molecule has 0 aliphatic carbocycles. The summed E-state index contributed by atoms with van der Waals surface area (Å²) >= 11 is 2.04. The normalized spacial score (nSPS) is 24.4. The summed E-state index contributed by atoms with van der Waals surface area (Å²) in [5.41, 5.74) is 1.06. The van der Waals surface area contributed by atoms with Crippen LogP contribution in [-0.4, -0.2) is 24.2 Å². The Labute approximate surface area is 119 Å². The van der Waals surface area contributed by atoms with Crippen LogP contribution in [0.25, 0.3) is 0 Å². The predicted octanol–water partition coefficient (Wildman–Crippen LogP) is 3.77. The molecule has 0 bridgehead atoms. The van der Waals surface area contributed by atoms with Crippen LogP contribution in [0.4, 0.5) is 4.39 Å². The first-order valence-electron chi connectivity index (χ1n) is 6.75. The highest BCUT2D eigenvalue weighted by molar-refractivity contribution is 8.00. The third kappa shape index (κ3) is 3.63. The maximum absolute atomic E-state index is 13.4. The first kappa shape index (κ1) is 14.7. The van der Waals surface area contributed by atoms with Gasteiger partial charge in [-0.1, -0.05) is 6.07 Å². The summed E-state index contributed by atoms with van der Waals surface area (Å²) in [6.45, 7) is 5.41. The van der Waals surface area contributed by atoms with Crippen LogP contribution < -0.4 is 10.1 Å². The summed E-state index contributed by atoms with van der Waals surface area (Å²) in [6.07, 6.45) is 2.58. The van der Waals surface area contributed by atoms with Gasteiger partial charge in [-0.2, -0.15) is 11.8 Å². The monoisotopic (exact) mass is 283 g/mol. The van der Waals surface area contributed by atoms with E-state index >= 15 is 0 Å². The fourth-order valence-electron chi connectivity index (χ4n) is 2.41. The molecule has 0 saturated carbocycles. The number of thioether (sulfide) groups is 1. The lowest BCUT2D eigenvalue weighted by Crippen LogP contribution is -2.34. The molecule has 0 spiro atoms. The van der Waals surface area contributed by atoms with Crippen molar-refractivity contribution in [3.63, 3.8) is 0 Å². The van der Waals surface area contributed by atoms with Crippen LogP contribution in [0, 0.1) is 5.82 Å². The first-order valence-corrected chi connectivity index (χ1v) is 7.73. The molecule has 1 aliphatic rings. The van der Waals surface area contributed by atoms with E-state index in [1.54, 1.807) is 6.07 Å². The molecule has 19 heavy (non-hydrogen) atoms. The molecule has 1 heterocycles. The average Bonchev–Trinajstić information content (AvgIpc) is 2.84. The zero-order chi connectivity index (χ0) is 13.9. The smallest absolute Gasteiger partial charge is 0.165 e. The van der Waals surface area contributed by atoms with Crippen molar-refractivity contribution in [2.75, 3.05) is 19.4 Å². The molecule has 1 fully saturated rings. The van der Waals surface area contributed by atoms with Gasteiger partial charge in [0.1, 0.15) is 0 Å². The largest absolute Gasteiger partial charge is 0.494 e. The Bertz CT molecular complexity index is 432. The number of methoxy groups -OCH3 is 1. The fraction of sp³-hybridized carbons (Fsp3) is 0.600. The summed E-state index contributed by atoms with van der Waals surface area (Å²) in [6, 6.07) is 5.27. The van der Waals surface area contributed by atoms with Gasteiger partial charge in [-0.15, -0.1) is 0 Å². The maximum atomic E-state index is 13.4. The van der Waals surface area contributed by atoms with Crippen molar-refractivity contribution in [2.45, 2.75) is 37.5 Å². The molecule has 2 nitrogen and oxygen atoms in total. The standard InChI is InChI=1S/C15H22FNOS/c1-11(17-10-15(2)7-4-8-19-15)12-5-6-13(16)14(9-12)18-3/h5-6,9,11,17H,4,7-8,10H2,1-3H3. The maximum Gasteiger partial charge on any atom is 0.165 e. The van der Waals surface area contributed by atoms with Gasteiger partial charge in [0.15, 0.2) is 11.6 Å². The van der Waals surface area contributed by atoms with E-state index in [1.165, 1.54) is 31.8 Å². The molecule has 4 heteroatoms. The number of hydrogen-bond acceptors (Lipinski definition) is 3. The Morgan fingerprint density at radius 3 is 2.95 bits per heavy atom. The molecule has 1 aliphatic heterocycles. The Hall–Kier alpha value is -0.740. The van der Waals surface area contributed by atoms with Gasteiger partial charge in [-0.3, -0.25) is 0 Å². The molecule has 106 valence electrons. The average molecular weight is 283 g/mol. The number of hydrogen-bond donors (Lipinski definition) is 1. The number of benzene rings is 1. The molecule has 1 aromatic carbocycles. The van der Waals surface area contributed by atoms with Crippen molar-refractivity contribution in [3.05, 3.63) is 29.6 Å².